The third-order valence-electron chi connectivity index (χ3n) is 3.75. The van der Waals surface area contributed by atoms with Gasteiger partial charge in [-0.15, -0.1) is 0 Å². The van der Waals surface area contributed by atoms with Gasteiger partial charge < -0.3 is 0 Å². The standard InChI is InChI=1S/C14H18N2/c1-2-4-12(5-3-1)10-15-14-11-16-8-6-13(14)7-9-16/h1-5,13H,6-11H2/b15-14+. The average molecular weight is 214 g/mol. The van der Waals surface area contributed by atoms with E-state index in [0.717, 1.165) is 19.0 Å². The molecule has 0 saturated carbocycles. The Morgan fingerprint density at radius 3 is 2.50 bits per heavy atom. The monoisotopic (exact) mass is 214 g/mol. The van der Waals surface area contributed by atoms with E-state index < -0.39 is 0 Å². The number of aliphatic imine (C=N–C) groups is 1. The molecule has 0 aliphatic carbocycles. The molecule has 2 heteroatoms. The van der Waals surface area contributed by atoms with E-state index in [1.54, 1.807) is 0 Å². The lowest BCUT2D eigenvalue weighted by Crippen LogP contribution is -2.47. The zero-order valence-electron chi connectivity index (χ0n) is 9.60. The fourth-order valence-corrected chi connectivity index (χ4v) is 2.74. The van der Waals surface area contributed by atoms with Gasteiger partial charge in [0.2, 0.25) is 0 Å². The van der Waals surface area contributed by atoms with E-state index in [1.165, 1.54) is 37.2 Å². The molecule has 3 saturated heterocycles. The largest absolute Gasteiger partial charge is 0.298 e. The first-order valence-electron chi connectivity index (χ1n) is 6.21. The molecule has 3 fully saturated rings. The van der Waals surface area contributed by atoms with Crippen molar-refractivity contribution in [2.24, 2.45) is 10.9 Å². The minimum atomic E-state index is 0.786. The molecule has 0 aromatic heterocycles. The third kappa shape index (κ3) is 2.03. The summed E-state index contributed by atoms with van der Waals surface area (Å²) in [5, 5.41) is 0. The fraction of sp³-hybridized carbons (Fsp3) is 0.500. The van der Waals surface area contributed by atoms with Crippen LogP contribution in [0.15, 0.2) is 35.3 Å². The fourth-order valence-electron chi connectivity index (χ4n) is 2.74. The molecule has 0 unspecified atom stereocenters. The van der Waals surface area contributed by atoms with Gasteiger partial charge in [-0.2, -0.15) is 0 Å². The quantitative estimate of drug-likeness (QED) is 0.738. The van der Waals surface area contributed by atoms with Crippen LogP contribution < -0.4 is 0 Å². The highest BCUT2D eigenvalue weighted by atomic mass is 15.2. The second kappa shape index (κ2) is 4.38. The summed E-state index contributed by atoms with van der Waals surface area (Å²) in [5.41, 5.74) is 2.77. The zero-order chi connectivity index (χ0) is 10.8. The number of piperidine rings is 3. The smallest absolute Gasteiger partial charge is 0.0639 e. The lowest BCUT2D eigenvalue weighted by molar-refractivity contribution is 0.200. The molecule has 4 rings (SSSR count). The Hall–Kier alpha value is -1.15. The highest BCUT2D eigenvalue weighted by Crippen LogP contribution is 2.25. The maximum Gasteiger partial charge on any atom is 0.0639 e. The first kappa shape index (κ1) is 10.0. The normalized spacial score (nSPS) is 30.9. The van der Waals surface area contributed by atoms with Crippen molar-refractivity contribution in [3.05, 3.63) is 35.9 Å². The molecule has 1 aromatic rings. The van der Waals surface area contributed by atoms with Gasteiger partial charge in [0, 0.05) is 18.2 Å². The van der Waals surface area contributed by atoms with Gasteiger partial charge >= 0.3 is 0 Å². The SMILES string of the molecule is c1ccc(C/N=C2\CN3CCC2CC3)cc1. The van der Waals surface area contributed by atoms with Crippen LogP contribution in [0.2, 0.25) is 0 Å². The van der Waals surface area contributed by atoms with Crippen LogP contribution >= 0.6 is 0 Å². The van der Waals surface area contributed by atoms with E-state index in [1.807, 2.05) is 0 Å². The molecule has 0 spiro atoms. The van der Waals surface area contributed by atoms with E-state index in [-0.39, 0.29) is 0 Å². The van der Waals surface area contributed by atoms with Crippen molar-refractivity contribution in [2.45, 2.75) is 19.4 Å². The Balaban J connectivity index is 1.69. The molecular formula is C14H18N2. The Morgan fingerprint density at radius 2 is 1.88 bits per heavy atom. The molecule has 84 valence electrons. The molecule has 0 amide bonds. The van der Waals surface area contributed by atoms with Crippen LogP contribution in [-0.2, 0) is 6.54 Å². The Labute approximate surface area is 97.0 Å². The van der Waals surface area contributed by atoms with E-state index in [2.05, 4.69) is 35.2 Å². The topological polar surface area (TPSA) is 15.6 Å². The molecule has 3 aliphatic heterocycles. The van der Waals surface area contributed by atoms with Crippen molar-refractivity contribution >= 4 is 5.71 Å². The van der Waals surface area contributed by atoms with Gasteiger partial charge in [-0.3, -0.25) is 9.89 Å². The van der Waals surface area contributed by atoms with Gasteiger partial charge in [0.1, 0.15) is 0 Å². The van der Waals surface area contributed by atoms with Crippen molar-refractivity contribution < 1.29 is 0 Å². The van der Waals surface area contributed by atoms with Crippen molar-refractivity contribution in [1.82, 2.24) is 4.90 Å². The minimum Gasteiger partial charge on any atom is -0.298 e. The third-order valence-corrected chi connectivity index (χ3v) is 3.75. The van der Waals surface area contributed by atoms with Crippen LogP contribution in [0, 0.1) is 5.92 Å². The number of nitrogens with zero attached hydrogens (tertiary/aromatic N) is 2. The maximum atomic E-state index is 4.81. The summed E-state index contributed by atoms with van der Waals surface area (Å²) in [6.07, 6.45) is 2.65. The van der Waals surface area contributed by atoms with Crippen LogP contribution in [0.5, 0.6) is 0 Å². The predicted molar refractivity (Wildman–Crippen MR) is 66.7 cm³/mol. The Kier molecular flexibility index (Phi) is 2.75. The molecular weight excluding hydrogens is 196 g/mol. The first-order chi connectivity index (χ1) is 7.92. The molecule has 0 atom stereocenters. The van der Waals surface area contributed by atoms with Gasteiger partial charge in [0.15, 0.2) is 0 Å². The molecule has 3 aliphatic rings. The number of fused-ring (bicyclic) bond motifs is 3. The summed E-state index contributed by atoms with van der Waals surface area (Å²) in [6, 6.07) is 10.6. The van der Waals surface area contributed by atoms with Gasteiger partial charge in [0.05, 0.1) is 6.54 Å². The Morgan fingerprint density at radius 1 is 1.12 bits per heavy atom. The molecule has 2 nitrogen and oxygen atoms in total. The number of rotatable bonds is 2. The molecule has 0 radical (unpaired) electrons. The van der Waals surface area contributed by atoms with Crippen molar-refractivity contribution in [1.29, 1.82) is 0 Å². The number of benzene rings is 1. The zero-order valence-corrected chi connectivity index (χ0v) is 9.60. The van der Waals surface area contributed by atoms with E-state index in [9.17, 15) is 0 Å². The summed E-state index contributed by atoms with van der Waals surface area (Å²) in [4.78, 5) is 7.34. The maximum absolute atomic E-state index is 4.81. The van der Waals surface area contributed by atoms with E-state index in [4.69, 9.17) is 4.99 Å². The van der Waals surface area contributed by atoms with Gasteiger partial charge in [0.25, 0.3) is 0 Å². The van der Waals surface area contributed by atoms with Gasteiger partial charge in [-0.25, -0.2) is 0 Å². The van der Waals surface area contributed by atoms with E-state index >= 15 is 0 Å². The van der Waals surface area contributed by atoms with Crippen molar-refractivity contribution in [3.63, 3.8) is 0 Å². The minimum absolute atomic E-state index is 0.786. The second-order valence-corrected chi connectivity index (χ2v) is 4.84. The van der Waals surface area contributed by atoms with Gasteiger partial charge in [-0.1, -0.05) is 30.3 Å². The number of hydrogen-bond acceptors (Lipinski definition) is 2. The van der Waals surface area contributed by atoms with Crippen molar-refractivity contribution in [3.8, 4) is 0 Å². The predicted octanol–water partition coefficient (Wildman–Crippen LogP) is 2.35. The van der Waals surface area contributed by atoms with Crippen LogP contribution in [-0.4, -0.2) is 30.2 Å². The lowest BCUT2D eigenvalue weighted by Gasteiger charge is -2.40. The summed E-state index contributed by atoms with van der Waals surface area (Å²) in [6.45, 7) is 4.56. The second-order valence-electron chi connectivity index (χ2n) is 4.84. The molecule has 1 aromatic carbocycles. The highest BCUT2D eigenvalue weighted by Gasteiger charge is 2.30. The summed E-state index contributed by atoms with van der Waals surface area (Å²) in [7, 11) is 0. The Bertz CT molecular complexity index is 375. The van der Waals surface area contributed by atoms with Crippen molar-refractivity contribution in [2.75, 3.05) is 19.6 Å². The number of hydrogen-bond donors (Lipinski definition) is 0. The highest BCUT2D eigenvalue weighted by molar-refractivity contribution is 5.90. The van der Waals surface area contributed by atoms with Crippen LogP contribution in [0.4, 0.5) is 0 Å². The lowest BCUT2D eigenvalue weighted by atomic mass is 9.86. The van der Waals surface area contributed by atoms with E-state index in [0.29, 0.717) is 0 Å². The van der Waals surface area contributed by atoms with Crippen LogP contribution in [0.3, 0.4) is 0 Å². The average Bonchev–Trinajstić information content (AvgIpc) is 2.39. The molecule has 3 heterocycles. The molecule has 16 heavy (non-hydrogen) atoms. The van der Waals surface area contributed by atoms with Gasteiger partial charge in [-0.05, 0) is 31.5 Å². The van der Waals surface area contributed by atoms with Crippen LogP contribution in [0.1, 0.15) is 18.4 Å². The molecule has 2 bridgehead atoms. The van der Waals surface area contributed by atoms with Crippen LogP contribution in [0.25, 0.3) is 0 Å². The summed E-state index contributed by atoms with van der Waals surface area (Å²) < 4.78 is 0. The summed E-state index contributed by atoms with van der Waals surface area (Å²) >= 11 is 0. The first-order valence-corrected chi connectivity index (χ1v) is 6.21. The molecule has 0 N–H and O–H groups in total. The summed E-state index contributed by atoms with van der Waals surface area (Å²) in [5.74, 6) is 0.786.